The highest BCUT2D eigenvalue weighted by Gasteiger charge is 2.60. The van der Waals surface area contributed by atoms with Crippen molar-refractivity contribution in [3.05, 3.63) is 10.6 Å². The maximum absolute atomic E-state index is 13.5. The number of likely N-dealkylation sites (tertiary alicyclic amines) is 1. The Balaban J connectivity index is 1.52. The average molecular weight is 507 g/mol. The minimum Gasteiger partial charge on any atom is -0.477 e. The van der Waals surface area contributed by atoms with Gasteiger partial charge in [0.2, 0.25) is 11.8 Å². The van der Waals surface area contributed by atoms with E-state index in [0.717, 1.165) is 13.0 Å². The number of nitrogens with zero attached hydrogens (tertiary/aromatic N) is 4. The Morgan fingerprint density at radius 1 is 1.23 bits per heavy atom. The van der Waals surface area contributed by atoms with Crippen molar-refractivity contribution in [3.63, 3.8) is 0 Å². The van der Waals surface area contributed by atoms with Crippen LogP contribution in [0.1, 0.15) is 33.6 Å². The highest BCUT2D eigenvalue weighted by molar-refractivity contribution is 8.03. The fourth-order valence-electron chi connectivity index (χ4n) is 5.84. The fourth-order valence-corrected chi connectivity index (χ4v) is 7.37. The number of hydrogen-bond acceptors (Lipinski definition) is 7. The molecule has 3 saturated heterocycles. The molecule has 4 heterocycles. The molecule has 11 nitrogen and oxygen atoms in total. The second-order valence-corrected chi connectivity index (χ2v) is 11.2. The minimum atomic E-state index is -1.16. The Morgan fingerprint density at radius 2 is 1.94 bits per heavy atom. The number of carbonyl (C=O) groups is 3. The van der Waals surface area contributed by atoms with Crippen LogP contribution in [0.25, 0.3) is 0 Å². The lowest BCUT2D eigenvalue weighted by Crippen LogP contribution is -2.63. The minimum absolute atomic E-state index is 0.0124. The number of amidine groups is 1. The largest absolute Gasteiger partial charge is 0.477 e. The van der Waals surface area contributed by atoms with Gasteiger partial charge in [-0.15, -0.1) is 11.8 Å². The van der Waals surface area contributed by atoms with Crippen molar-refractivity contribution in [2.24, 2.45) is 11.8 Å². The molecule has 0 unspecified atom stereocenters. The Labute approximate surface area is 209 Å². The number of hydrogen-bond donors (Lipinski definition) is 4. The van der Waals surface area contributed by atoms with Gasteiger partial charge in [0.05, 0.1) is 30.2 Å². The molecule has 0 bridgehead atoms. The number of carboxylic acids is 1. The lowest BCUT2D eigenvalue weighted by molar-refractivity contribution is -0.163. The van der Waals surface area contributed by atoms with Crippen molar-refractivity contribution in [1.29, 1.82) is 10.8 Å². The third kappa shape index (κ3) is 4.42. The molecule has 0 saturated carbocycles. The van der Waals surface area contributed by atoms with Gasteiger partial charge in [0.1, 0.15) is 11.7 Å². The lowest BCUT2D eigenvalue weighted by Gasteiger charge is -2.46. The highest BCUT2D eigenvalue weighted by atomic mass is 32.2. The summed E-state index contributed by atoms with van der Waals surface area (Å²) in [7, 11) is 0. The number of aliphatic hydroxyl groups is 1. The number of nitrogens with one attached hydrogen (secondary N) is 2. The number of carboxylic acid groups (broad SMARTS) is 1. The Kier molecular flexibility index (Phi) is 7.14. The molecule has 0 aromatic carbocycles. The number of carbonyl (C=O) groups excluding carboxylic acids is 2. The van der Waals surface area contributed by atoms with Gasteiger partial charge in [-0.25, -0.2) is 4.79 Å². The second kappa shape index (κ2) is 9.81. The van der Waals surface area contributed by atoms with Crippen LogP contribution in [-0.2, 0) is 14.4 Å². The summed E-state index contributed by atoms with van der Waals surface area (Å²) in [5, 5.41) is 35.6. The van der Waals surface area contributed by atoms with Crippen LogP contribution in [0.4, 0.5) is 0 Å². The molecule has 4 rings (SSSR count). The van der Waals surface area contributed by atoms with Crippen molar-refractivity contribution in [2.45, 2.75) is 57.1 Å². The quantitative estimate of drug-likeness (QED) is 0.230. The monoisotopic (exact) mass is 506 g/mol. The topological polar surface area (TPSA) is 152 Å². The summed E-state index contributed by atoms with van der Waals surface area (Å²) < 4.78 is 0. The molecule has 3 fully saturated rings. The number of β-lactam (4-membered cyclic amide) rings is 1. The van der Waals surface area contributed by atoms with Gasteiger partial charge in [0, 0.05) is 48.8 Å². The smallest absolute Gasteiger partial charge is 0.353 e. The molecule has 0 aromatic rings. The Bertz CT molecular complexity index is 970. The van der Waals surface area contributed by atoms with Crippen LogP contribution in [-0.4, -0.2) is 116 Å². The van der Waals surface area contributed by atoms with Crippen molar-refractivity contribution >= 4 is 41.7 Å². The number of amides is 2. The van der Waals surface area contributed by atoms with Crippen molar-refractivity contribution in [2.75, 3.05) is 32.7 Å². The molecule has 0 aliphatic carbocycles. The van der Waals surface area contributed by atoms with E-state index in [2.05, 4.69) is 0 Å². The van der Waals surface area contributed by atoms with Crippen LogP contribution in [0, 0.1) is 22.7 Å². The van der Waals surface area contributed by atoms with Crippen LogP contribution in [0.3, 0.4) is 0 Å². The van der Waals surface area contributed by atoms with Crippen LogP contribution in [0.2, 0.25) is 0 Å². The number of thioether (sulfide) groups is 1. The molecule has 4 aliphatic rings. The van der Waals surface area contributed by atoms with Gasteiger partial charge in [-0.05, 0) is 26.7 Å². The normalized spacial score (nSPS) is 31.8. The second-order valence-electron chi connectivity index (χ2n) is 9.84. The molecule has 2 amide bonds. The van der Waals surface area contributed by atoms with Crippen LogP contribution in [0.5, 0.6) is 0 Å². The molecule has 0 radical (unpaired) electrons. The SMILES string of the molecule is CC(=N)N1C[C@@H](SC2=C(C(=O)O)N3C(=O)[C@H]([C@@H](C)O)[C@H]3[C@H]2C)C[C@H]1C(=O)N1CCCN(C=N)CC1. The highest BCUT2D eigenvalue weighted by Crippen LogP contribution is 2.52. The van der Waals surface area contributed by atoms with E-state index in [4.69, 9.17) is 10.8 Å². The number of rotatable bonds is 6. The van der Waals surface area contributed by atoms with E-state index in [1.165, 1.54) is 23.0 Å². The zero-order valence-electron chi connectivity index (χ0n) is 20.3. The molecule has 0 aromatic heterocycles. The summed E-state index contributed by atoms with van der Waals surface area (Å²) in [5.74, 6) is -2.11. The molecule has 4 N–H and O–H groups in total. The molecule has 35 heavy (non-hydrogen) atoms. The predicted octanol–water partition coefficient (Wildman–Crippen LogP) is 0.455. The molecular weight excluding hydrogens is 472 g/mol. The fraction of sp³-hybridized carbons (Fsp3) is 0.696. The van der Waals surface area contributed by atoms with Crippen molar-refractivity contribution in [3.8, 4) is 0 Å². The summed E-state index contributed by atoms with van der Waals surface area (Å²) in [4.78, 5) is 45.6. The zero-order valence-corrected chi connectivity index (χ0v) is 21.1. The van der Waals surface area contributed by atoms with Gasteiger partial charge in [-0.3, -0.25) is 20.4 Å². The molecule has 6 atom stereocenters. The summed E-state index contributed by atoms with van der Waals surface area (Å²) >= 11 is 1.40. The van der Waals surface area contributed by atoms with E-state index in [0.29, 0.717) is 43.3 Å². The van der Waals surface area contributed by atoms with Gasteiger partial charge in [-0.2, -0.15) is 0 Å². The van der Waals surface area contributed by atoms with Gasteiger partial charge in [0.15, 0.2) is 0 Å². The third-order valence-corrected chi connectivity index (χ3v) is 9.10. The summed E-state index contributed by atoms with van der Waals surface area (Å²) in [6, 6.07) is -0.865. The molecule has 192 valence electrons. The van der Waals surface area contributed by atoms with Crippen LogP contribution >= 0.6 is 11.8 Å². The first-order chi connectivity index (χ1) is 16.6. The first-order valence-corrected chi connectivity index (χ1v) is 12.9. The predicted molar refractivity (Wildman–Crippen MR) is 131 cm³/mol. The van der Waals surface area contributed by atoms with Gasteiger partial charge >= 0.3 is 5.97 Å². The van der Waals surface area contributed by atoms with Gasteiger partial charge in [-0.1, -0.05) is 6.92 Å². The van der Waals surface area contributed by atoms with Gasteiger partial charge in [0.25, 0.3) is 0 Å². The van der Waals surface area contributed by atoms with E-state index in [9.17, 15) is 24.6 Å². The molecule has 4 aliphatic heterocycles. The first-order valence-electron chi connectivity index (χ1n) is 12.1. The number of aliphatic hydroxyl groups excluding tert-OH is 1. The maximum Gasteiger partial charge on any atom is 0.353 e. The molecular formula is C23H34N6O5S. The van der Waals surface area contributed by atoms with E-state index in [1.807, 2.05) is 16.7 Å². The van der Waals surface area contributed by atoms with E-state index < -0.39 is 24.0 Å². The summed E-state index contributed by atoms with van der Waals surface area (Å²) in [6.07, 6.45) is 1.70. The van der Waals surface area contributed by atoms with E-state index in [1.54, 1.807) is 18.7 Å². The molecule has 0 spiro atoms. The number of aliphatic carboxylic acids is 1. The maximum atomic E-state index is 13.5. The van der Waals surface area contributed by atoms with Crippen LogP contribution < -0.4 is 0 Å². The first kappa shape index (κ1) is 25.5. The lowest BCUT2D eigenvalue weighted by atomic mass is 9.79. The Morgan fingerprint density at radius 3 is 2.54 bits per heavy atom. The van der Waals surface area contributed by atoms with E-state index >= 15 is 0 Å². The van der Waals surface area contributed by atoms with Gasteiger partial charge < -0.3 is 29.8 Å². The van der Waals surface area contributed by atoms with Crippen molar-refractivity contribution in [1.82, 2.24) is 19.6 Å². The summed E-state index contributed by atoms with van der Waals surface area (Å²) in [5.41, 5.74) is -0.0124. The Hall–Kier alpha value is -2.60. The van der Waals surface area contributed by atoms with Crippen molar-refractivity contribution < 1.29 is 24.6 Å². The third-order valence-electron chi connectivity index (χ3n) is 7.61. The average Bonchev–Trinajstić information content (AvgIpc) is 3.20. The summed E-state index contributed by atoms with van der Waals surface area (Å²) in [6.45, 7) is 8.01. The number of fused-ring (bicyclic) bond motifs is 1. The van der Waals surface area contributed by atoms with Crippen LogP contribution in [0.15, 0.2) is 10.6 Å². The zero-order chi connectivity index (χ0) is 25.6. The molecule has 12 heteroatoms. The standard InChI is InChI=1S/C23H34N6O5S/c1-12-18-17(13(2)30)22(32)29(18)19(23(33)34)20(12)35-15-9-16(28(10-15)14(3)25)21(31)27-6-4-5-26(11-24)7-8-27/h11-13,15-18,24-25,30H,4-10H2,1-3H3,(H,33,34)/t12-,13-,15+,16+,17-,18-/m1/s1. The van der Waals surface area contributed by atoms with E-state index in [-0.39, 0.29) is 34.7 Å².